The van der Waals surface area contributed by atoms with E-state index in [4.69, 9.17) is 4.74 Å². The highest BCUT2D eigenvalue weighted by atomic mass is 16.5. The Kier molecular flexibility index (Phi) is 3.88. The van der Waals surface area contributed by atoms with Gasteiger partial charge in [-0.15, -0.1) is 0 Å². The van der Waals surface area contributed by atoms with Crippen molar-refractivity contribution < 1.29 is 4.74 Å². The van der Waals surface area contributed by atoms with Crippen molar-refractivity contribution in [2.45, 2.75) is 0 Å². The van der Waals surface area contributed by atoms with Crippen molar-refractivity contribution in [3.8, 4) is 28.3 Å². The molecule has 3 aromatic rings. The van der Waals surface area contributed by atoms with Crippen LogP contribution >= 0.6 is 0 Å². The molecule has 3 nitrogen and oxygen atoms in total. The van der Waals surface area contributed by atoms with Crippen molar-refractivity contribution in [2.24, 2.45) is 0 Å². The minimum absolute atomic E-state index is 0.874. The molecule has 3 rings (SSSR count). The quantitative estimate of drug-likeness (QED) is 0.771. The third-order valence-corrected chi connectivity index (χ3v) is 3.78. The molecule has 2 aromatic carbocycles. The van der Waals surface area contributed by atoms with Crippen molar-refractivity contribution in [2.75, 3.05) is 26.1 Å². The Bertz CT molecular complexity index is 757. The lowest BCUT2D eigenvalue weighted by molar-refractivity contribution is 0.416. The van der Waals surface area contributed by atoms with E-state index >= 15 is 0 Å². The normalized spacial score (nSPS) is 10.5. The molecule has 0 fully saturated rings. The molecular weight excluding hydrogens is 272 g/mol. The average Bonchev–Trinajstić information content (AvgIpc) is 3.04. The predicted octanol–water partition coefficient (Wildman–Crippen LogP) is 4.42. The Hall–Kier alpha value is -2.68. The van der Waals surface area contributed by atoms with E-state index in [9.17, 15) is 0 Å². The summed E-state index contributed by atoms with van der Waals surface area (Å²) in [4.78, 5) is 5.57. The number of hydrogen-bond acceptors (Lipinski definition) is 2. The second-order valence-electron chi connectivity index (χ2n) is 5.43. The van der Waals surface area contributed by atoms with E-state index in [-0.39, 0.29) is 0 Å². The summed E-state index contributed by atoms with van der Waals surface area (Å²) >= 11 is 0. The topological polar surface area (TPSA) is 28.3 Å². The molecule has 0 unspecified atom stereocenters. The first-order chi connectivity index (χ1) is 10.7. The Morgan fingerprint density at radius 2 is 1.50 bits per heavy atom. The molecule has 112 valence electrons. The standard InChI is InChI=1S/C19H20N2O/c1-21(2)15-10-8-14(9-11-15)17-12-13-18(20-17)16-6-4-5-7-19(16)22-3/h4-13,20H,1-3H3. The molecule has 0 aliphatic rings. The molecular formula is C19H20N2O. The molecule has 0 saturated carbocycles. The van der Waals surface area contributed by atoms with E-state index < -0.39 is 0 Å². The van der Waals surface area contributed by atoms with Gasteiger partial charge in [-0.05, 0) is 42.0 Å². The number of H-pyrrole nitrogens is 1. The molecule has 3 heteroatoms. The lowest BCUT2D eigenvalue weighted by Crippen LogP contribution is -2.07. The Morgan fingerprint density at radius 1 is 0.818 bits per heavy atom. The molecule has 22 heavy (non-hydrogen) atoms. The van der Waals surface area contributed by atoms with Gasteiger partial charge in [-0.25, -0.2) is 0 Å². The largest absolute Gasteiger partial charge is 0.496 e. The summed E-state index contributed by atoms with van der Waals surface area (Å²) in [5.74, 6) is 0.874. The van der Waals surface area contributed by atoms with E-state index in [0.717, 1.165) is 22.7 Å². The number of nitrogens with zero attached hydrogens (tertiary/aromatic N) is 1. The van der Waals surface area contributed by atoms with E-state index in [0.29, 0.717) is 0 Å². The van der Waals surface area contributed by atoms with Gasteiger partial charge in [-0.1, -0.05) is 24.3 Å². The summed E-state index contributed by atoms with van der Waals surface area (Å²) in [5.41, 5.74) is 5.60. The van der Waals surface area contributed by atoms with Gasteiger partial charge in [0, 0.05) is 36.7 Å². The number of ether oxygens (including phenoxy) is 1. The summed E-state index contributed by atoms with van der Waals surface area (Å²) in [7, 11) is 5.79. The highest BCUT2D eigenvalue weighted by molar-refractivity contribution is 5.72. The van der Waals surface area contributed by atoms with E-state index in [2.05, 4.69) is 52.3 Å². The molecule has 0 radical (unpaired) electrons. The number of rotatable bonds is 4. The van der Waals surface area contributed by atoms with Gasteiger partial charge < -0.3 is 14.6 Å². The van der Waals surface area contributed by atoms with Crippen LogP contribution in [0.25, 0.3) is 22.5 Å². The fraction of sp³-hybridized carbons (Fsp3) is 0.158. The lowest BCUT2D eigenvalue weighted by Gasteiger charge is -2.12. The van der Waals surface area contributed by atoms with Gasteiger partial charge in [0.1, 0.15) is 5.75 Å². The van der Waals surface area contributed by atoms with Gasteiger partial charge in [0.15, 0.2) is 0 Å². The second kappa shape index (κ2) is 5.98. The van der Waals surface area contributed by atoms with Crippen molar-refractivity contribution in [1.29, 1.82) is 0 Å². The van der Waals surface area contributed by atoms with Crippen LogP contribution < -0.4 is 9.64 Å². The Morgan fingerprint density at radius 3 is 2.18 bits per heavy atom. The van der Waals surface area contributed by atoms with Crippen LogP contribution in [0.4, 0.5) is 5.69 Å². The molecule has 0 saturated heterocycles. The maximum absolute atomic E-state index is 5.43. The maximum atomic E-state index is 5.43. The molecule has 1 heterocycles. The SMILES string of the molecule is COc1ccccc1-c1ccc(-c2ccc(N(C)C)cc2)[nH]1. The molecule has 0 aliphatic heterocycles. The maximum Gasteiger partial charge on any atom is 0.128 e. The first-order valence-electron chi connectivity index (χ1n) is 7.29. The number of methoxy groups -OCH3 is 1. The fourth-order valence-corrected chi connectivity index (χ4v) is 2.53. The molecule has 0 amide bonds. The molecule has 1 aromatic heterocycles. The summed E-state index contributed by atoms with van der Waals surface area (Å²) in [6, 6.07) is 20.7. The number of anilines is 1. The average molecular weight is 292 g/mol. The minimum atomic E-state index is 0.874. The number of aromatic nitrogens is 1. The minimum Gasteiger partial charge on any atom is -0.496 e. The molecule has 0 atom stereocenters. The zero-order valence-electron chi connectivity index (χ0n) is 13.1. The number of aromatic amines is 1. The number of para-hydroxylation sites is 1. The first-order valence-corrected chi connectivity index (χ1v) is 7.29. The van der Waals surface area contributed by atoms with Gasteiger partial charge in [0.05, 0.1) is 7.11 Å². The van der Waals surface area contributed by atoms with E-state index in [1.54, 1.807) is 7.11 Å². The molecule has 0 spiro atoms. The van der Waals surface area contributed by atoms with Crippen LogP contribution in [0.2, 0.25) is 0 Å². The van der Waals surface area contributed by atoms with Crippen LogP contribution in [-0.4, -0.2) is 26.2 Å². The van der Waals surface area contributed by atoms with E-state index in [1.807, 2.05) is 32.3 Å². The van der Waals surface area contributed by atoms with Crippen molar-refractivity contribution in [3.05, 3.63) is 60.7 Å². The van der Waals surface area contributed by atoms with Crippen LogP contribution in [0.5, 0.6) is 5.75 Å². The molecule has 1 N–H and O–H groups in total. The Labute approximate surface area is 131 Å². The van der Waals surface area contributed by atoms with Crippen molar-refractivity contribution in [3.63, 3.8) is 0 Å². The van der Waals surface area contributed by atoms with Crippen molar-refractivity contribution in [1.82, 2.24) is 4.98 Å². The van der Waals surface area contributed by atoms with Crippen LogP contribution in [0.1, 0.15) is 0 Å². The smallest absolute Gasteiger partial charge is 0.128 e. The number of benzene rings is 2. The zero-order valence-corrected chi connectivity index (χ0v) is 13.1. The predicted molar refractivity (Wildman–Crippen MR) is 92.5 cm³/mol. The number of hydrogen-bond donors (Lipinski definition) is 1. The van der Waals surface area contributed by atoms with Gasteiger partial charge in [-0.2, -0.15) is 0 Å². The van der Waals surface area contributed by atoms with Gasteiger partial charge in [-0.3, -0.25) is 0 Å². The fourth-order valence-electron chi connectivity index (χ4n) is 2.53. The summed E-state index contributed by atoms with van der Waals surface area (Å²) < 4.78 is 5.43. The summed E-state index contributed by atoms with van der Waals surface area (Å²) in [6.45, 7) is 0. The molecule has 0 aliphatic carbocycles. The van der Waals surface area contributed by atoms with Crippen LogP contribution in [0.15, 0.2) is 60.7 Å². The highest BCUT2D eigenvalue weighted by Gasteiger charge is 2.08. The zero-order chi connectivity index (χ0) is 15.5. The third kappa shape index (κ3) is 2.70. The first kappa shape index (κ1) is 14.3. The third-order valence-electron chi connectivity index (χ3n) is 3.78. The van der Waals surface area contributed by atoms with Crippen LogP contribution in [0, 0.1) is 0 Å². The molecule has 0 bridgehead atoms. The highest BCUT2D eigenvalue weighted by Crippen LogP contribution is 2.31. The Balaban J connectivity index is 1.93. The monoisotopic (exact) mass is 292 g/mol. The number of nitrogens with one attached hydrogen (secondary N) is 1. The summed E-state index contributed by atoms with van der Waals surface area (Å²) in [6.07, 6.45) is 0. The van der Waals surface area contributed by atoms with Gasteiger partial charge >= 0.3 is 0 Å². The van der Waals surface area contributed by atoms with Crippen LogP contribution in [0.3, 0.4) is 0 Å². The van der Waals surface area contributed by atoms with Gasteiger partial charge in [0.25, 0.3) is 0 Å². The van der Waals surface area contributed by atoms with Crippen LogP contribution in [-0.2, 0) is 0 Å². The van der Waals surface area contributed by atoms with Crippen molar-refractivity contribution >= 4 is 5.69 Å². The second-order valence-corrected chi connectivity index (χ2v) is 5.43. The van der Waals surface area contributed by atoms with E-state index in [1.165, 1.54) is 11.3 Å². The summed E-state index contributed by atoms with van der Waals surface area (Å²) in [5, 5.41) is 0. The lowest BCUT2D eigenvalue weighted by atomic mass is 10.1. The van der Waals surface area contributed by atoms with Gasteiger partial charge in [0.2, 0.25) is 0 Å².